The van der Waals surface area contributed by atoms with Gasteiger partial charge in [0, 0.05) is 17.2 Å². The van der Waals surface area contributed by atoms with Crippen molar-refractivity contribution >= 4 is 18.5 Å². The predicted octanol–water partition coefficient (Wildman–Crippen LogP) is 0.548. The molecule has 1 aliphatic rings. The van der Waals surface area contributed by atoms with Crippen LogP contribution in [0, 0.1) is 5.95 Å². The lowest BCUT2D eigenvalue weighted by molar-refractivity contribution is -0.117. The maximum absolute atomic E-state index is 13.5. The summed E-state index contributed by atoms with van der Waals surface area (Å²) in [5.74, 6) is -1.32. The van der Waals surface area contributed by atoms with E-state index < -0.39 is 30.2 Å². The first-order valence-electron chi connectivity index (χ1n) is 6.41. The maximum Gasteiger partial charge on any atom is 0.496 e. The van der Waals surface area contributed by atoms with E-state index in [9.17, 15) is 9.18 Å². The monoisotopic (exact) mass is 280 g/mol. The molecular formula is C13H18BFN2O3. The molecule has 0 saturated carbocycles. The van der Waals surface area contributed by atoms with Crippen LogP contribution in [0.2, 0.25) is 0 Å². The summed E-state index contributed by atoms with van der Waals surface area (Å²) in [6.45, 7) is 7.70. The van der Waals surface area contributed by atoms with Gasteiger partial charge in [-0.15, -0.1) is 0 Å². The third-order valence-corrected chi connectivity index (χ3v) is 3.82. The molecule has 2 heterocycles. The number of nitrogens with zero attached hydrogens (tertiary/aromatic N) is 1. The Morgan fingerprint density at radius 1 is 1.35 bits per heavy atom. The van der Waals surface area contributed by atoms with E-state index >= 15 is 0 Å². The number of carbonyl (C=O) groups excluding carboxylic acids is 1. The van der Waals surface area contributed by atoms with Crippen molar-refractivity contribution in [1.29, 1.82) is 0 Å². The lowest BCUT2D eigenvalue weighted by Gasteiger charge is -2.32. The van der Waals surface area contributed by atoms with Crippen LogP contribution in [0.3, 0.4) is 0 Å². The number of rotatable bonds is 3. The fourth-order valence-electron chi connectivity index (χ4n) is 1.93. The molecule has 108 valence electrons. The van der Waals surface area contributed by atoms with E-state index in [0.29, 0.717) is 5.46 Å². The van der Waals surface area contributed by atoms with Crippen molar-refractivity contribution in [3.63, 3.8) is 0 Å². The van der Waals surface area contributed by atoms with Gasteiger partial charge in [0.15, 0.2) is 0 Å². The van der Waals surface area contributed by atoms with Crippen LogP contribution in [0.1, 0.15) is 33.3 Å². The van der Waals surface area contributed by atoms with Gasteiger partial charge in [-0.05, 0) is 27.7 Å². The van der Waals surface area contributed by atoms with Crippen LogP contribution in [0.5, 0.6) is 0 Å². The Labute approximate surface area is 117 Å². The molecule has 0 radical (unpaired) electrons. The number of nitrogens with two attached hydrogens (primary N) is 1. The third-order valence-electron chi connectivity index (χ3n) is 3.82. The van der Waals surface area contributed by atoms with Gasteiger partial charge in [0.25, 0.3) is 0 Å². The fourth-order valence-corrected chi connectivity index (χ4v) is 1.93. The molecule has 0 unspecified atom stereocenters. The van der Waals surface area contributed by atoms with Gasteiger partial charge >= 0.3 is 7.12 Å². The Bertz CT molecular complexity index is 532. The summed E-state index contributed by atoms with van der Waals surface area (Å²) in [7, 11) is -0.639. The second-order valence-electron chi connectivity index (χ2n) is 5.95. The van der Waals surface area contributed by atoms with Gasteiger partial charge in [-0.25, -0.2) is 4.98 Å². The summed E-state index contributed by atoms with van der Waals surface area (Å²) in [6, 6.07) is 1.51. The Morgan fingerprint density at radius 3 is 2.40 bits per heavy atom. The quantitative estimate of drug-likeness (QED) is 0.648. The Morgan fingerprint density at radius 2 is 1.90 bits per heavy atom. The van der Waals surface area contributed by atoms with Crippen LogP contribution >= 0.6 is 0 Å². The van der Waals surface area contributed by atoms with Gasteiger partial charge in [-0.1, -0.05) is 6.07 Å². The minimum Gasteiger partial charge on any atom is -0.399 e. The molecule has 1 aromatic rings. The number of amides is 1. The lowest BCUT2D eigenvalue weighted by atomic mass is 9.79. The molecule has 1 aromatic heterocycles. The Hall–Kier alpha value is -1.47. The molecule has 5 nitrogen and oxygen atoms in total. The highest BCUT2D eigenvalue weighted by Gasteiger charge is 2.51. The summed E-state index contributed by atoms with van der Waals surface area (Å²) in [6.07, 6.45) is 1.15. The Kier molecular flexibility index (Phi) is 3.60. The highest BCUT2D eigenvalue weighted by Crippen LogP contribution is 2.36. The van der Waals surface area contributed by atoms with Crippen LogP contribution in [-0.4, -0.2) is 29.2 Å². The lowest BCUT2D eigenvalue weighted by Crippen LogP contribution is -2.41. The normalized spacial score (nSPS) is 20.1. The first kappa shape index (κ1) is 14.9. The van der Waals surface area contributed by atoms with E-state index in [2.05, 4.69) is 4.98 Å². The van der Waals surface area contributed by atoms with Gasteiger partial charge in [-0.2, -0.15) is 4.39 Å². The fraction of sp³-hybridized carbons (Fsp3) is 0.538. The minimum absolute atomic E-state index is 0.143. The van der Waals surface area contributed by atoms with Crippen molar-refractivity contribution in [2.24, 2.45) is 5.73 Å². The molecule has 20 heavy (non-hydrogen) atoms. The summed E-state index contributed by atoms with van der Waals surface area (Å²) >= 11 is 0. The molecule has 0 spiro atoms. The van der Waals surface area contributed by atoms with E-state index in [1.165, 1.54) is 12.3 Å². The molecule has 0 aliphatic carbocycles. The van der Waals surface area contributed by atoms with Gasteiger partial charge in [0.2, 0.25) is 11.9 Å². The molecule has 1 saturated heterocycles. The van der Waals surface area contributed by atoms with Crippen molar-refractivity contribution < 1.29 is 18.5 Å². The van der Waals surface area contributed by atoms with E-state index in [1.54, 1.807) is 0 Å². The molecule has 7 heteroatoms. The highest BCUT2D eigenvalue weighted by atomic mass is 19.1. The van der Waals surface area contributed by atoms with Gasteiger partial charge < -0.3 is 15.0 Å². The number of primary amides is 1. The Balaban J connectivity index is 2.29. The third kappa shape index (κ3) is 2.69. The number of pyridine rings is 1. The molecule has 0 atom stereocenters. The van der Waals surface area contributed by atoms with E-state index in [0.717, 1.165) is 0 Å². The average Bonchev–Trinajstić information content (AvgIpc) is 2.50. The summed E-state index contributed by atoms with van der Waals surface area (Å²) in [5, 5.41) is 0. The van der Waals surface area contributed by atoms with Crippen molar-refractivity contribution in [2.45, 2.75) is 45.3 Å². The number of hydrogen-bond acceptors (Lipinski definition) is 4. The molecule has 1 aliphatic heterocycles. The zero-order valence-corrected chi connectivity index (χ0v) is 12.1. The summed E-state index contributed by atoms with van der Waals surface area (Å²) in [5.41, 5.74) is 4.82. The predicted molar refractivity (Wildman–Crippen MR) is 72.8 cm³/mol. The smallest absolute Gasteiger partial charge is 0.399 e. The van der Waals surface area contributed by atoms with Gasteiger partial charge in [-0.3, -0.25) is 4.79 Å². The molecule has 1 fully saturated rings. The average molecular weight is 280 g/mol. The van der Waals surface area contributed by atoms with E-state index in [1.807, 2.05) is 27.7 Å². The molecular weight excluding hydrogens is 262 g/mol. The highest BCUT2D eigenvalue weighted by molar-refractivity contribution is 6.62. The zero-order chi connectivity index (χ0) is 15.1. The number of aromatic nitrogens is 1. The molecule has 2 rings (SSSR count). The molecule has 1 amide bonds. The van der Waals surface area contributed by atoms with Crippen LogP contribution in [0.15, 0.2) is 12.3 Å². The van der Waals surface area contributed by atoms with Crippen molar-refractivity contribution in [3.8, 4) is 0 Å². The number of halogens is 1. The van der Waals surface area contributed by atoms with Crippen LogP contribution in [-0.2, 0) is 20.5 Å². The van der Waals surface area contributed by atoms with E-state index in [4.69, 9.17) is 15.0 Å². The zero-order valence-electron chi connectivity index (χ0n) is 12.1. The second kappa shape index (κ2) is 4.82. The SMILES string of the molecule is CC1(C)OB(c2cnc(F)c(CC(N)=O)c2)OC1(C)C. The minimum atomic E-state index is -0.705. The topological polar surface area (TPSA) is 74.4 Å². The molecule has 0 bridgehead atoms. The van der Waals surface area contributed by atoms with Gasteiger partial charge in [0.05, 0.1) is 17.6 Å². The molecule has 0 aromatic carbocycles. The van der Waals surface area contributed by atoms with Crippen molar-refractivity contribution in [1.82, 2.24) is 4.98 Å². The number of hydrogen-bond donors (Lipinski definition) is 1. The summed E-state index contributed by atoms with van der Waals surface area (Å²) in [4.78, 5) is 14.6. The van der Waals surface area contributed by atoms with Crippen molar-refractivity contribution in [2.75, 3.05) is 0 Å². The maximum atomic E-state index is 13.5. The molecule has 2 N–H and O–H groups in total. The largest absolute Gasteiger partial charge is 0.496 e. The first-order chi connectivity index (χ1) is 9.12. The van der Waals surface area contributed by atoms with Crippen molar-refractivity contribution in [3.05, 3.63) is 23.8 Å². The number of carbonyl (C=O) groups is 1. The summed E-state index contributed by atoms with van der Waals surface area (Å²) < 4.78 is 25.2. The van der Waals surface area contributed by atoms with Crippen LogP contribution < -0.4 is 11.2 Å². The van der Waals surface area contributed by atoms with Crippen LogP contribution in [0.25, 0.3) is 0 Å². The van der Waals surface area contributed by atoms with Crippen LogP contribution in [0.4, 0.5) is 4.39 Å². The van der Waals surface area contributed by atoms with Gasteiger partial charge in [0.1, 0.15) is 0 Å². The standard InChI is InChI=1S/C13H18BFN2O3/c1-12(2)13(3,4)20-14(19-12)9-5-8(6-10(16)18)11(15)17-7-9/h5,7H,6H2,1-4H3,(H2,16,18). The van der Waals surface area contributed by atoms with E-state index in [-0.39, 0.29) is 12.0 Å². The first-order valence-corrected chi connectivity index (χ1v) is 6.41. The second-order valence-corrected chi connectivity index (χ2v) is 5.95.